The van der Waals surface area contributed by atoms with Gasteiger partial charge in [-0.3, -0.25) is 4.79 Å². The van der Waals surface area contributed by atoms with Gasteiger partial charge in [0.2, 0.25) is 0 Å². The smallest absolute Gasteiger partial charge is 0.195 e. The summed E-state index contributed by atoms with van der Waals surface area (Å²) >= 11 is 0. The Balaban J connectivity index is 2.14. The summed E-state index contributed by atoms with van der Waals surface area (Å²) in [5.74, 6) is -0.482. The summed E-state index contributed by atoms with van der Waals surface area (Å²) in [6.07, 6.45) is 0.0513. The molecule has 0 bridgehead atoms. The second-order valence-corrected chi connectivity index (χ2v) is 6.56. The number of phenols is 2. The molecule has 0 radical (unpaired) electrons. The van der Waals surface area contributed by atoms with Crippen molar-refractivity contribution in [2.45, 2.75) is 37.9 Å². The van der Waals surface area contributed by atoms with E-state index in [1.165, 1.54) is 38.1 Å². The average Bonchev–Trinajstić information content (AvgIpc) is 2.51. The van der Waals surface area contributed by atoms with E-state index in [0.717, 1.165) is 0 Å². The third-order valence-electron chi connectivity index (χ3n) is 3.95. The topological polar surface area (TPSA) is 98.0 Å². The number of aromatic hydroxyl groups is 2. The van der Waals surface area contributed by atoms with Crippen molar-refractivity contribution in [3.8, 4) is 11.5 Å². The van der Waals surface area contributed by atoms with E-state index in [1.54, 1.807) is 24.3 Å². The van der Waals surface area contributed by atoms with Crippen LogP contribution in [-0.4, -0.2) is 37.4 Å². The highest BCUT2D eigenvalue weighted by Gasteiger charge is 2.42. The lowest BCUT2D eigenvalue weighted by Crippen LogP contribution is -2.52. The van der Waals surface area contributed by atoms with Gasteiger partial charge in [0.1, 0.15) is 22.7 Å². The normalized spacial score (nSPS) is 16.2. The molecular formula is C19H22O5. The van der Waals surface area contributed by atoms with Crippen molar-refractivity contribution >= 4 is 5.78 Å². The molecular weight excluding hydrogens is 308 g/mol. The highest BCUT2D eigenvalue weighted by molar-refractivity contribution is 5.94. The van der Waals surface area contributed by atoms with E-state index in [2.05, 4.69) is 0 Å². The molecule has 24 heavy (non-hydrogen) atoms. The minimum absolute atomic E-state index is 0.0256. The largest absolute Gasteiger partial charge is 0.508 e. The van der Waals surface area contributed by atoms with Gasteiger partial charge in [-0.05, 0) is 49.2 Å². The Morgan fingerprint density at radius 1 is 0.750 bits per heavy atom. The van der Waals surface area contributed by atoms with Crippen LogP contribution >= 0.6 is 0 Å². The van der Waals surface area contributed by atoms with E-state index in [0.29, 0.717) is 11.1 Å². The summed E-state index contributed by atoms with van der Waals surface area (Å²) in [5, 5.41) is 39.7. The predicted molar refractivity (Wildman–Crippen MR) is 89.9 cm³/mol. The van der Waals surface area contributed by atoms with Crippen LogP contribution in [0.15, 0.2) is 48.5 Å². The van der Waals surface area contributed by atoms with Crippen molar-refractivity contribution in [1.82, 2.24) is 0 Å². The van der Waals surface area contributed by atoms with Crippen LogP contribution < -0.4 is 0 Å². The number of carbonyl (C=O) groups is 1. The molecule has 0 saturated heterocycles. The molecule has 4 N–H and O–H groups in total. The van der Waals surface area contributed by atoms with Crippen LogP contribution in [0.25, 0.3) is 0 Å². The molecule has 0 spiro atoms. The van der Waals surface area contributed by atoms with Crippen molar-refractivity contribution in [2.24, 2.45) is 0 Å². The van der Waals surface area contributed by atoms with Crippen molar-refractivity contribution in [1.29, 1.82) is 0 Å². The fourth-order valence-electron chi connectivity index (χ4n) is 2.76. The molecule has 0 aliphatic heterocycles. The molecule has 0 saturated carbocycles. The second kappa shape index (κ2) is 6.63. The lowest BCUT2D eigenvalue weighted by atomic mass is 9.80. The van der Waals surface area contributed by atoms with Gasteiger partial charge in [0.05, 0.1) is 0 Å². The van der Waals surface area contributed by atoms with Crippen molar-refractivity contribution in [3.05, 3.63) is 59.7 Å². The van der Waals surface area contributed by atoms with E-state index in [1.807, 2.05) is 0 Å². The quantitative estimate of drug-likeness (QED) is 0.649. The van der Waals surface area contributed by atoms with Gasteiger partial charge in [-0.2, -0.15) is 0 Å². The number of Topliss-reactive ketones (excluding diaryl/α,β-unsaturated/α-hetero) is 1. The standard InChI is InChI=1S/C19H22O5/c1-18(23,11-13-3-7-15(20)8-4-13)17(22)19(2,24)12-14-5-9-16(21)10-6-14/h3-10,20-21,23-24H,11-12H2,1-2H3. The highest BCUT2D eigenvalue weighted by atomic mass is 16.3. The van der Waals surface area contributed by atoms with Gasteiger partial charge < -0.3 is 20.4 Å². The SMILES string of the molecule is CC(O)(Cc1ccc(O)cc1)C(=O)C(C)(O)Cc1ccc(O)cc1. The van der Waals surface area contributed by atoms with Crippen molar-refractivity contribution < 1.29 is 25.2 Å². The fourth-order valence-corrected chi connectivity index (χ4v) is 2.76. The maximum absolute atomic E-state index is 12.6. The Kier molecular flexibility index (Phi) is 4.96. The monoisotopic (exact) mass is 330 g/mol. The summed E-state index contributed by atoms with van der Waals surface area (Å²) in [5.41, 5.74) is -2.16. The van der Waals surface area contributed by atoms with Gasteiger partial charge in [-0.25, -0.2) is 0 Å². The van der Waals surface area contributed by atoms with E-state index < -0.39 is 17.0 Å². The molecule has 0 aliphatic carbocycles. The van der Waals surface area contributed by atoms with Gasteiger partial charge in [0.15, 0.2) is 5.78 Å². The number of hydrogen-bond donors (Lipinski definition) is 4. The van der Waals surface area contributed by atoms with Crippen LogP contribution in [-0.2, 0) is 17.6 Å². The molecule has 2 rings (SSSR count). The minimum atomic E-state index is -1.75. The molecule has 2 unspecified atom stereocenters. The zero-order valence-corrected chi connectivity index (χ0v) is 13.7. The molecule has 0 amide bonds. The van der Waals surface area contributed by atoms with Crippen molar-refractivity contribution in [2.75, 3.05) is 0 Å². The molecule has 5 heteroatoms. The Morgan fingerprint density at radius 3 is 1.33 bits per heavy atom. The molecule has 128 valence electrons. The van der Waals surface area contributed by atoms with E-state index in [-0.39, 0.29) is 24.3 Å². The fraction of sp³-hybridized carbons (Fsp3) is 0.316. The summed E-state index contributed by atoms with van der Waals surface area (Å²) in [7, 11) is 0. The molecule has 5 nitrogen and oxygen atoms in total. The molecule has 2 aromatic carbocycles. The third kappa shape index (κ3) is 4.34. The number of hydrogen-bond acceptors (Lipinski definition) is 5. The van der Waals surface area contributed by atoms with Gasteiger partial charge in [0.25, 0.3) is 0 Å². The van der Waals surface area contributed by atoms with Gasteiger partial charge in [-0.1, -0.05) is 24.3 Å². The Hall–Kier alpha value is -2.37. The first-order valence-corrected chi connectivity index (χ1v) is 7.66. The highest BCUT2D eigenvalue weighted by Crippen LogP contribution is 2.25. The van der Waals surface area contributed by atoms with Gasteiger partial charge in [-0.15, -0.1) is 0 Å². The maximum Gasteiger partial charge on any atom is 0.195 e. The molecule has 0 aliphatic rings. The van der Waals surface area contributed by atoms with E-state index in [4.69, 9.17) is 0 Å². The Morgan fingerprint density at radius 2 is 1.04 bits per heavy atom. The van der Waals surface area contributed by atoms with E-state index in [9.17, 15) is 25.2 Å². The number of phenolic OH excluding ortho intramolecular Hbond substituents is 2. The minimum Gasteiger partial charge on any atom is -0.508 e. The van der Waals surface area contributed by atoms with Gasteiger partial charge >= 0.3 is 0 Å². The number of rotatable bonds is 6. The summed E-state index contributed by atoms with van der Waals surface area (Å²) in [4.78, 5) is 12.6. The first-order valence-electron chi connectivity index (χ1n) is 7.66. The average molecular weight is 330 g/mol. The number of benzene rings is 2. The van der Waals surface area contributed by atoms with Crippen LogP contribution in [0.5, 0.6) is 11.5 Å². The second-order valence-electron chi connectivity index (χ2n) is 6.56. The Labute approximate surface area is 140 Å². The lowest BCUT2D eigenvalue weighted by Gasteiger charge is -2.31. The van der Waals surface area contributed by atoms with E-state index >= 15 is 0 Å². The molecule has 0 heterocycles. The first kappa shape index (κ1) is 18.0. The van der Waals surface area contributed by atoms with Crippen molar-refractivity contribution in [3.63, 3.8) is 0 Å². The van der Waals surface area contributed by atoms with Crippen LogP contribution in [0.4, 0.5) is 0 Å². The zero-order chi connectivity index (χ0) is 18.0. The number of carbonyl (C=O) groups excluding carboxylic acids is 1. The Bertz CT molecular complexity index is 638. The van der Waals surface area contributed by atoms with Crippen LogP contribution in [0.2, 0.25) is 0 Å². The number of aliphatic hydroxyl groups is 2. The summed E-state index contributed by atoms with van der Waals surface area (Å²) < 4.78 is 0. The zero-order valence-electron chi connectivity index (χ0n) is 13.7. The predicted octanol–water partition coefficient (Wildman–Crippen LogP) is 1.95. The maximum atomic E-state index is 12.6. The van der Waals surface area contributed by atoms with Crippen LogP contribution in [0.3, 0.4) is 0 Å². The van der Waals surface area contributed by atoms with Crippen LogP contribution in [0.1, 0.15) is 25.0 Å². The summed E-state index contributed by atoms with van der Waals surface area (Å²) in [6, 6.07) is 12.4. The summed E-state index contributed by atoms with van der Waals surface area (Å²) in [6.45, 7) is 2.74. The number of ketones is 1. The first-order chi connectivity index (χ1) is 11.1. The third-order valence-corrected chi connectivity index (χ3v) is 3.95. The molecule has 2 atom stereocenters. The van der Waals surface area contributed by atoms with Gasteiger partial charge in [0, 0.05) is 12.8 Å². The van der Waals surface area contributed by atoms with Crippen LogP contribution in [0, 0.1) is 0 Å². The lowest BCUT2D eigenvalue weighted by molar-refractivity contribution is -0.153. The molecule has 2 aromatic rings. The molecule has 0 fully saturated rings. The molecule has 0 aromatic heterocycles.